The number of nitrogens with zero attached hydrogens (tertiary/aromatic N) is 3. The van der Waals surface area contributed by atoms with Gasteiger partial charge in [-0.3, -0.25) is 9.59 Å². The average Bonchev–Trinajstić information content (AvgIpc) is 3.65. The van der Waals surface area contributed by atoms with Crippen molar-refractivity contribution in [2.75, 3.05) is 10.6 Å². The van der Waals surface area contributed by atoms with Crippen molar-refractivity contribution in [2.45, 2.75) is 32.4 Å². The Balaban J connectivity index is 1.31. The molecule has 0 bridgehead atoms. The van der Waals surface area contributed by atoms with Gasteiger partial charge in [0.25, 0.3) is 11.8 Å². The number of halogens is 2. The molecule has 14 heteroatoms. The fourth-order valence-corrected chi connectivity index (χ4v) is 5.55. The fourth-order valence-electron chi connectivity index (χ4n) is 5.55. The van der Waals surface area contributed by atoms with Gasteiger partial charge in [0, 0.05) is 18.3 Å². The van der Waals surface area contributed by atoms with Crippen LogP contribution in [0.4, 0.5) is 25.0 Å². The van der Waals surface area contributed by atoms with E-state index < -0.39 is 41.5 Å². The van der Waals surface area contributed by atoms with Crippen LogP contribution in [0, 0.1) is 18.6 Å². The van der Waals surface area contributed by atoms with Gasteiger partial charge in [0.15, 0.2) is 17.3 Å². The van der Waals surface area contributed by atoms with Crippen molar-refractivity contribution in [1.29, 1.82) is 0 Å². The third kappa shape index (κ3) is 6.33. The smallest absolute Gasteiger partial charge is 0.335 e. The number of carbonyl (C=O) groups excluding carboxylic acids is 3. The van der Waals surface area contributed by atoms with Crippen LogP contribution < -0.4 is 21.3 Å². The maximum absolute atomic E-state index is 13.8. The van der Waals surface area contributed by atoms with Crippen molar-refractivity contribution in [3.05, 3.63) is 124 Å². The normalized spacial score (nSPS) is 13.6. The summed E-state index contributed by atoms with van der Waals surface area (Å²) >= 11 is 0. The second kappa shape index (κ2) is 12.7. The maximum Gasteiger partial charge on any atom is 0.335 e. The first-order valence-corrected chi connectivity index (χ1v) is 14.5. The molecular weight excluding hydrogens is 612 g/mol. The number of para-hydroxylation sites is 1. The Bertz CT molecular complexity index is 2070. The van der Waals surface area contributed by atoms with Crippen molar-refractivity contribution in [3.63, 3.8) is 0 Å². The SMILES string of the molecule is Cc1c(C(=O)O)ccc2c1CC[C@@H]2NC(=O)c1cc(C(=O)NCc2ccc(F)c(F)c2)nc2c(NC(=O)Nc3ccccc3)cnn12. The lowest BCUT2D eigenvalue weighted by molar-refractivity contribution is 0.0695. The van der Waals surface area contributed by atoms with Crippen molar-refractivity contribution in [3.8, 4) is 0 Å². The highest BCUT2D eigenvalue weighted by molar-refractivity contribution is 6.03. The van der Waals surface area contributed by atoms with Gasteiger partial charge in [0.05, 0.1) is 17.8 Å². The molecule has 0 fully saturated rings. The van der Waals surface area contributed by atoms with Crippen molar-refractivity contribution in [2.24, 2.45) is 0 Å². The number of hydrogen-bond donors (Lipinski definition) is 5. The van der Waals surface area contributed by atoms with Crippen LogP contribution in [0.25, 0.3) is 5.65 Å². The molecule has 238 valence electrons. The summed E-state index contributed by atoms with van der Waals surface area (Å²) in [7, 11) is 0. The standard InChI is InChI=1S/C33H27F2N7O5/c1-17-20-10-12-25(22(20)9-8-21(17)32(45)46)40-31(44)28-14-26(30(43)36-15-18-7-11-23(34)24(35)13-18)39-29-27(16-37-42(28)29)41-33(47)38-19-5-3-2-4-6-19/h2-9,11,13-14,16,25H,10,12,15H2,1H3,(H,36,43)(H,40,44)(H,45,46)(H2,38,41,47)/t25-/m0/s1. The molecule has 3 aromatic carbocycles. The molecular formula is C33H27F2N7O5. The summed E-state index contributed by atoms with van der Waals surface area (Å²) in [4.78, 5) is 55.8. The van der Waals surface area contributed by atoms with Gasteiger partial charge in [-0.15, -0.1) is 0 Å². The first-order valence-electron chi connectivity index (χ1n) is 14.5. The Morgan fingerprint density at radius 1 is 0.957 bits per heavy atom. The number of nitrogens with one attached hydrogen (secondary N) is 4. The summed E-state index contributed by atoms with van der Waals surface area (Å²) in [6.07, 6.45) is 2.36. The van der Waals surface area contributed by atoms with E-state index in [1.807, 2.05) is 0 Å². The highest BCUT2D eigenvalue weighted by atomic mass is 19.2. The number of amides is 4. The molecule has 0 aliphatic heterocycles. The minimum atomic E-state index is -1.07. The van der Waals surface area contributed by atoms with E-state index in [4.69, 9.17) is 0 Å². The van der Waals surface area contributed by atoms with Gasteiger partial charge < -0.3 is 26.4 Å². The topological polar surface area (TPSA) is 167 Å². The van der Waals surface area contributed by atoms with Crippen LogP contribution >= 0.6 is 0 Å². The zero-order chi connectivity index (χ0) is 33.2. The summed E-state index contributed by atoms with van der Waals surface area (Å²) in [6, 6.07) is 15.2. The number of carboxylic acids is 1. The number of benzene rings is 3. The van der Waals surface area contributed by atoms with Gasteiger partial charge in [0.1, 0.15) is 17.1 Å². The zero-order valence-corrected chi connectivity index (χ0v) is 24.8. The van der Waals surface area contributed by atoms with Gasteiger partial charge >= 0.3 is 12.0 Å². The van der Waals surface area contributed by atoms with Gasteiger partial charge in [-0.1, -0.05) is 30.3 Å². The molecule has 4 amide bonds. The molecule has 2 aromatic heterocycles. The number of carboxylic acid groups (broad SMARTS) is 1. The third-order valence-corrected chi connectivity index (χ3v) is 7.88. The van der Waals surface area contributed by atoms with Crippen LogP contribution in [-0.2, 0) is 13.0 Å². The van der Waals surface area contributed by atoms with Gasteiger partial charge in [-0.25, -0.2) is 27.9 Å². The molecule has 0 radical (unpaired) electrons. The predicted molar refractivity (Wildman–Crippen MR) is 166 cm³/mol. The molecule has 0 saturated carbocycles. The van der Waals surface area contributed by atoms with E-state index in [-0.39, 0.29) is 34.8 Å². The summed E-state index contributed by atoms with van der Waals surface area (Å²) in [5, 5.41) is 24.6. The molecule has 1 aliphatic rings. The van der Waals surface area contributed by atoms with E-state index in [0.717, 1.165) is 23.3 Å². The molecule has 2 heterocycles. The number of carbonyl (C=O) groups is 4. The second-order valence-corrected chi connectivity index (χ2v) is 10.9. The average molecular weight is 640 g/mol. The molecule has 6 rings (SSSR count). The Labute approximate surface area is 265 Å². The van der Waals surface area contributed by atoms with E-state index in [0.29, 0.717) is 29.7 Å². The number of urea groups is 1. The lowest BCUT2D eigenvalue weighted by Crippen LogP contribution is -2.31. The predicted octanol–water partition coefficient (Wildman–Crippen LogP) is 5.01. The van der Waals surface area contributed by atoms with Crippen LogP contribution in [0.3, 0.4) is 0 Å². The molecule has 5 aromatic rings. The monoisotopic (exact) mass is 639 g/mol. The highest BCUT2D eigenvalue weighted by Crippen LogP contribution is 2.35. The molecule has 1 aliphatic carbocycles. The summed E-state index contributed by atoms with van der Waals surface area (Å²) < 4.78 is 28.3. The van der Waals surface area contributed by atoms with E-state index in [2.05, 4.69) is 31.3 Å². The molecule has 47 heavy (non-hydrogen) atoms. The zero-order valence-electron chi connectivity index (χ0n) is 24.8. The van der Waals surface area contributed by atoms with Crippen LogP contribution in [0.5, 0.6) is 0 Å². The van der Waals surface area contributed by atoms with Crippen molar-refractivity contribution < 1.29 is 33.1 Å². The first-order chi connectivity index (χ1) is 22.6. The minimum Gasteiger partial charge on any atom is -0.478 e. The maximum atomic E-state index is 13.8. The summed E-state index contributed by atoms with van der Waals surface area (Å²) in [6.45, 7) is 1.57. The molecule has 12 nitrogen and oxygen atoms in total. The van der Waals surface area contributed by atoms with Crippen molar-refractivity contribution >= 4 is 40.8 Å². The van der Waals surface area contributed by atoms with E-state index in [9.17, 15) is 33.1 Å². The second-order valence-electron chi connectivity index (χ2n) is 10.9. The Morgan fingerprint density at radius 3 is 2.49 bits per heavy atom. The molecule has 1 atom stereocenters. The van der Waals surface area contributed by atoms with Crippen LogP contribution in [0.1, 0.15) is 66.1 Å². The summed E-state index contributed by atoms with van der Waals surface area (Å²) in [5.41, 5.74) is 3.10. The molecule has 5 N–H and O–H groups in total. The summed E-state index contributed by atoms with van der Waals surface area (Å²) in [5.74, 6) is -4.46. The number of aromatic nitrogens is 3. The number of fused-ring (bicyclic) bond motifs is 2. The van der Waals surface area contributed by atoms with Crippen LogP contribution in [0.2, 0.25) is 0 Å². The molecule has 0 spiro atoms. The Hall–Kier alpha value is -6.18. The first kappa shape index (κ1) is 30.8. The number of hydrogen-bond acceptors (Lipinski definition) is 6. The van der Waals surface area contributed by atoms with E-state index in [1.165, 1.54) is 28.9 Å². The third-order valence-electron chi connectivity index (χ3n) is 7.88. The molecule has 0 saturated heterocycles. The lowest BCUT2D eigenvalue weighted by Gasteiger charge is -2.16. The Morgan fingerprint density at radius 2 is 1.74 bits per heavy atom. The van der Waals surface area contributed by atoms with Gasteiger partial charge in [-0.05, 0) is 72.4 Å². The fraction of sp³-hybridized carbons (Fsp3) is 0.152. The van der Waals surface area contributed by atoms with Gasteiger partial charge in [-0.2, -0.15) is 5.10 Å². The van der Waals surface area contributed by atoms with Gasteiger partial charge in [0.2, 0.25) is 0 Å². The number of anilines is 2. The lowest BCUT2D eigenvalue weighted by atomic mass is 9.98. The highest BCUT2D eigenvalue weighted by Gasteiger charge is 2.29. The van der Waals surface area contributed by atoms with Crippen molar-refractivity contribution in [1.82, 2.24) is 25.2 Å². The quantitative estimate of drug-likeness (QED) is 0.159. The Kier molecular flexibility index (Phi) is 8.31. The molecule has 0 unspecified atom stereocenters. The van der Waals surface area contributed by atoms with Crippen LogP contribution in [-0.4, -0.2) is 43.5 Å². The van der Waals surface area contributed by atoms with E-state index >= 15 is 0 Å². The number of aromatic carboxylic acids is 1. The largest absolute Gasteiger partial charge is 0.478 e. The van der Waals surface area contributed by atoms with E-state index in [1.54, 1.807) is 43.3 Å². The minimum absolute atomic E-state index is 0.00685. The van der Waals surface area contributed by atoms with Crippen LogP contribution in [0.15, 0.2) is 72.9 Å². The number of rotatable bonds is 8.